The Morgan fingerprint density at radius 1 is 1.33 bits per heavy atom. The van der Waals surface area contributed by atoms with E-state index in [1.807, 2.05) is 13.8 Å². The van der Waals surface area contributed by atoms with Crippen molar-refractivity contribution in [3.63, 3.8) is 0 Å². The molecule has 0 saturated carbocycles. The molecule has 1 rings (SSSR count). The second-order valence-corrected chi connectivity index (χ2v) is 4.68. The van der Waals surface area contributed by atoms with E-state index in [1.54, 1.807) is 4.90 Å². The molecule has 6 heteroatoms. The molecule has 1 heterocycles. The highest BCUT2D eigenvalue weighted by molar-refractivity contribution is 5.84. The molecule has 106 valence electrons. The zero-order chi connectivity index (χ0) is 13.8. The quantitative estimate of drug-likeness (QED) is 0.801. The molecular formula is C12H21F3N2O. The lowest BCUT2D eigenvalue weighted by molar-refractivity contribution is -0.140. The molecule has 0 radical (unpaired) electrons. The molecule has 2 atom stereocenters. The van der Waals surface area contributed by atoms with Crippen LogP contribution in [0, 0.1) is 0 Å². The Morgan fingerprint density at radius 3 is 2.50 bits per heavy atom. The van der Waals surface area contributed by atoms with Crippen LogP contribution in [0.15, 0.2) is 0 Å². The molecule has 1 aliphatic rings. The van der Waals surface area contributed by atoms with Crippen molar-refractivity contribution in [1.82, 2.24) is 10.2 Å². The van der Waals surface area contributed by atoms with E-state index in [2.05, 4.69) is 5.32 Å². The van der Waals surface area contributed by atoms with Gasteiger partial charge in [0.05, 0.1) is 12.2 Å². The summed E-state index contributed by atoms with van der Waals surface area (Å²) in [6.07, 6.45) is -2.72. The summed E-state index contributed by atoms with van der Waals surface area (Å²) in [7, 11) is 0. The number of carbonyl (C=O) groups is 1. The third-order valence-electron chi connectivity index (χ3n) is 3.18. The van der Waals surface area contributed by atoms with Crippen molar-refractivity contribution in [2.75, 3.05) is 6.54 Å². The van der Waals surface area contributed by atoms with Gasteiger partial charge in [0, 0.05) is 13.0 Å². The zero-order valence-corrected chi connectivity index (χ0v) is 10.9. The van der Waals surface area contributed by atoms with E-state index in [9.17, 15) is 18.0 Å². The number of carbonyl (C=O) groups excluding carboxylic acids is 1. The Balaban J connectivity index is 2.51. The minimum Gasteiger partial charge on any atom is -0.326 e. The van der Waals surface area contributed by atoms with Crippen molar-refractivity contribution in [3.8, 4) is 0 Å². The summed E-state index contributed by atoms with van der Waals surface area (Å²) in [5, 5.41) is 3.18. The normalized spacial score (nSPS) is 24.9. The fraction of sp³-hybridized carbons (Fsp3) is 0.917. The summed E-state index contributed by atoms with van der Waals surface area (Å²) in [6.45, 7) is 4.09. The van der Waals surface area contributed by atoms with Crippen LogP contribution >= 0.6 is 0 Å². The molecule has 0 aromatic rings. The summed E-state index contributed by atoms with van der Waals surface area (Å²) >= 11 is 0. The smallest absolute Gasteiger partial charge is 0.326 e. The molecule has 0 aromatic carbocycles. The first-order valence-electron chi connectivity index (χ1n) is 6.52. The number of rotatable bonds is 6. The maximum absolute atomic E-state index is 12.1. The van der Waals surface area contributed by atoms with Gasteiger partial charge in [0.25, 0.3) is 0 Å². The van der Waals surface area contributed by atoms with Gasteiger partial charge in [-0.2, -0.15) is 13.2 Å². The predicted octanol–water partition coefficient (Wildman–Crippen LogP) is 2.67. The Bertz CT molecular complexity index is 281. The van der Waals surface area contributed by atoms with E-state index in [0.29, 0.717) is 6.42 Å². The molecule has 1 fully saturated rings. The third-order valence-corrected chi connectivity index (χ3v) is 3.18. The predicted molar refractivity (Wildman–Crippen MR) is 62.9 cm³/mol. The number of nitrogens with zero attached hydrogens (tertiary/aromatic N) is 1. The van der Waals surface area contributed by atoms with Crippen LogP contribution in [0.5, 0.6) is 0 Å². The van der Waals surface area contributed by atoms with Gasteiger partial charge in [-0.05, 0) is 19.3 Å². The van der Waals surface area contributed by atoms with Crippen LogP contribution in [0.3, 0.4) is 0 Å². The number of halogens is 3. The molecule has 0 spiro atoms. The monoisotopic (exact) mass is 266 g/mol. The first-order chi connectivity index (χ1) is 8.39. The van der Waals surface area contributed by atoms with Gasteiger partial charge in [-0.1, -0.05) is 20.3 Å². The standard InChI is InChI=1S/C12H21F3N2O/c1-3-6-10-16-9(4-2)11(18)17(10)8-5-7-12(13,14)15/h9-10,16H,3-8H2,1-2H3. The Hall–Kier alpha value is -0.780. The van der Waals surface area contributed by atoms with Crippen LogP contribution in [-0.2, 0) is 4.79 Å². The van der Waals surface area contributed by atoms with Crippen molar-refractivity contribution in [1.29, 1.82) is 0 Å². The van der Waals surface area contributed by atoms with Gasteiger partial charge in [0.15, 0.2) is 0 Å². The second kappa shape index (κ2) is 6.41. The molecule has 1 aliphatic heterocycles. The Kier molecular flexibility index (Phi) is 5.44. The molecule has 0 bridgehead atoms. The van der Waals surface area contributed by atoms with Crippen LogP contribution in [0.25, 0.3) is 0 Å². The van der Waals surface area contributed by atoms with Gasteiger partial charge in [-0.3, -0.25) is 10.1 Å². The van der Waals surface area contributed by atoms with Crippen LogP contribution in [0.2, 0.25) is 0 Å². The van der Waals surface area contributed by atoms with E-state index in [1.165, 1.54) is 0 Å². The number of hydrogen-bond donors (Lipinski definition) is 1. The van der Waals surface area contributed by atoms with Gasteiger partial charge in [-0.15, -0.1) is 0 Å². The Morgan fingerprint density at radius 2 is 2.00 bits per heavy atom. The second-order valence-electron chi connectivity index (χ2n) is 4.68. The molecule has 2 unspecified atom stereocenters. The lowest BCUT2D eigenvalue weighted by Crippen LogP contribution is -2.38. The number of amides is 1. The maximum Gasteiger partial charge on any atom is 0.389 e. The van der Waals surface area contributed by atoms with Crippen LogP contribution < -0.4 is 5.32 Å². The van der Waals surface area contributed by atoms with Crippen molar-refractivity contribution in [3.05, 3.63) is 0 Å². The molecule has 0 aliphatic carbocycles. The summed E-state index contributed by atoms with van der Waals surface area (Å²) in [5.74, 6) is -0.0573. The topological polar surface area (TPSA) is 32.3 Å². The molecule has 1 saturated heterocycles. The Labute approximate surface area is 106 Å². The van der Waals surface area contributed by atoms with Crippen molar-refractivity contribution < 1.29 is 18.0 Å². The highest BCUT2D eigenvalue weighted by atomic mass is 19.4. The van der Waals surface area contributed by atoms with Crippen molar-refractivity contribution >= 4 is 5.91 Å². The van der Waals surface area contributed by atoms with Crippen LogP contribution in [0.1, 0.15) is 46.0 Å². The lowest BCUT2D eigenvalue weighted by Gasteiger charge is -2.24. The molecule has 1 amide bonds. The van der Waals surface area contributed by atoms with E-state index in [0.717, 1.165) is 12.8 Å². The molecule has 18 heavy (non-hydrogen) atoms. The largest absolute Gasteiger partial charge is 0.389 e. The molecular weight excluding hydrogens is 245 g/mol. The minimum absolute atomic E-state index is 0.0203. The highest BCUT2D eigenvalue weighted by Crippen LogP contribution is 2.23. The van der Waals surface area contributed by atoms with Crippen LogP contribution in [-0.4, -0.2) is 35.7 Å². The summed E-state index contributed by atoms with van der Waals surface area (Å²) in [5.41, 5.74) is 0. The fourth-order valence-corrected chi connectivity index (χ4v) is 2.27. The van der Waals surface area contributed by atoms with E-state index >= 15 is 0 Å². The summed E-state index contributed by atoms with van der Waals surface area (Å²) < 4.78 is 36.3. The molecule has 3 nitrogen and oxygen atoms in total. The zero-order valence-electron chi connectivity index (χ0n) is 10.9. The average molecular weight is 266 g/mol. The first kappa shape index (κ1) is 15.3. The van der Waals surface area contributed by atoms with E-state index in [-0.39, 0.29) is 31.1 Å². The number of hydrogen-bond acceptors (Lipinski definition) is 2. The highest BCUT2D eigenvalue weighted by Gasteiger charge is 2.37. The molecule has 1 N–H and O–H groups in total. The van der Waals surface area contributed by atoms with E-state index < -0.39 is 12.6 Å². The number of nitrogens with one attached hydrogen (secondary N) is 1. The minimum atomic E-state index is -4.14. The summed E-state index contributed by atoms with van der Waals surface area (Å²) in [4.78, 5) is 13.5. The van der Waals surface area contributed by atoms with Crippen molar-refractivity contribution in [2.24, 2.45) is 0 Å². The van der Waals surface area contributed by atoms with Crippen LogP contribution in [0.4, 0.5) is 13.2 Å². The first-order valence-corrected chi connectivity index (χ1v) is 6.52. The number of alkyl halides is 3. The van der Waals surface area contributed by atoms with Gasteiger partial charge >= 0.3 is 6.18 Å². The van der Waals surface area contributed by atoms with E-state index in [4.69, 9.17) is 0 Å². The van der Waals surface area contributed by atoms with Crippen molar-refractivity contribution in [2.45, 2.75) is 64.3 Å². The average Bonchev–Trinajstić information content (AvgIpc) is 2.56. The fourth-order valence-electron chi connectivity index (χ4n) is 2.27. The van der Waals surface area contributed by atoms with Gasteiger partial charge in [-0.25, -0.2) is 0 Å². The van der Waals surface area contributed by atoms with Gasteiger partial charge in [0.2, 0.25) is 5.91 Å². The van der Waals surface area contributed by atoms with Gasteiger partial charge < -0.3 is 4.90 Å². The molecule has 0 aromatic heterocycles. The maximum atomic E-state index is 12.1. The SMILES string of the molecule is CCCC1NC(CC)C(=O)N1CCCC(F)(F)F. The van der Waals surface area contributed by atoms with Gasteiger partial charge in [0.1, 0.15) is 0 Å². The summed E-state index contributed by atoms with van der Waals surface area (Å²) in [6, 6.07) is -0.229. The lowest BCUT2D eigenvalue weighted by atomic mass is 10.2. The third kappa shape index (κ3) is 4.15.